The minimum atomic E-state index is -0.878. The molecule has 0 heterocycles. The molecule has 70 valence electrons. The maximum absolute atomic E-state index is 10.6. The molecule has 6 heteroatoms. The van der Waals surface area contributed by atoms with Gasteiger partial charge in [0, 0.05) is 10.1 Å². The Bertz CT molecular complexity index is 204. The maximum atomic E-state index is 10.6. The molecule has 0 aliphatic heterocycles. The third-order valence-corrected chi connectivity index (χ3v) is 4.97. The van der Waals surface area contributed by atoms with Crippen molar-refractivity contribution in [3.05, 3.63) is 6.07 Å². The van der Waals surface area contributed by atoms with Gasteiger partial charge in [-0.1, -0.05) is 0 Å². The van der Waals surface area contributed by atoms with Gasteiger partial charge >= 0.3 is 6.09 Å². The lowest BCUT2D eigenvalue weighted by Crippen LogP contribution is -2.30. The van der Waals surface area contributed by atoms with Crippen LogP contribution in [0.4, 0.5) is 4.79 Å². The zero-order chi connectivity index (χ0) is 9.72. The third kappa shape index (κ3) is 4.85. The highest BCUT2D eigenvalue weighted by molar-refractivity contribution is 14.1. The molecule has 0 aromatic carbocycles. The van der Waals surface area contributed by atoms with E-state index in [0.717, 1.165) is 6.07 Å². The molecule has 0 bridgehead atoms. The molecule has 0 aromatic heterocycles. The van der Waals surface area contributed by atoms with E-state index in [2.05, 4.69) is 61.1 Å². The van der Waals surface area contributed by atoms with Gasteiger partial charge < -0.3 is 10.0 Å². The van der Waals surface area contributed by atoms with Crippen molar-refractivity contribution in [2.45, 2.75) is 6.92 Å². The van der Waals surface area contributed by atoms with Crippen molar-refractivity contribution in [2.75, 3.05) is 13.1 Å². The molecule has 12 heavy (non-hydrogen) atoms. The first-order chi connectivity index (χ1) is 5.49. The third-order valence-electron chi connectivity index (χ3n) is 1.19. The summed E-state index contributed by atoms with van der Waals surface area (Å²) in [6.07, 6.45) is -0.878. The van der Waals surface area contributed by atoms with Crippen LogP contribution in [0.2, 0.25) is 0 Å². The van der Waals surface area contributed by atoms with Crippen molar-refractivity contribution >= 4 is 67.2 Å². The van der Waals surface area contributed by atoms with Gasteiger partial charge in [0.15, 0.2) is 0 Å². The molecule has 0 rings (SSSR count). The van der Waals surface area contributed by atoms with Crippen LogP contribution in [-0.2, 0) is 0 Å². The summed E-state index contributed by atoms with van der Waals surface area (Å²) in [6, 6.07) is 0. The minimum Gasteiger partial charge on any atom is -0.465 e. The number of rotatable bonds is 3. The number of carbonyl (C=O) groups is 1. The van der Waals surface area contributed by atoms with Gasteiger partial charge in [-0.15, -0.1) is 0 Å². The molecule has 1 amide bonds. The van der Waals surface area contributed by atoms with Crippen LogP contribution in [0.1, 0.15) is 6.92 Å². The van der Waals surface area contributed by atoms with Crippen molar-refractivity contribution in [3.63, 3.8) is 0 Å². The first-order valence-corrected chi connectivity index (χ1v) is 6.11. The zero-order valence-electron chi connectivity index (χ0n) is 6.35. The highest BCUT2D eigenvalue weighted by atomic mass is 127. The average molecular weight is 460 g/mol. The quantitative estimate of drug-likeness (QED) is 0.657. The van der Waals surface area contributed by atoms with Gasteiger partial charge in [0.2, 0.25) is 0 Å². The van der Waals surface area contributed by atoms with E-state index in [-0.39, 0.29) is 0 Å². The van der Waals surface area contributed by atoms with Gasteiger partial charge in [0.05, 0.1) is 9.03 Å². The van der Waals surface area contributed by atoms with Crippen LogP contribution in [0, 0.1) is 0 Å². The van der Waals surface area contributed by atoms with Gasteiger partial charge in [0.25, 0.3) is 0 Å². The molecule has 3 nitrogen and oxygen atoms in total. The van der Waals surface area contributed by atoms with Gasteiger partial charge in [-0.3, -0.25) is 0 Å². The zero-order valence-corrected chi connectivity index (χ0v) is 12.3. The lowest BCUT2D eigenvalue weighted by atomic mass is 10.5. The Kier molecular flexibility index (Phi) is 6.92. The molecule has 0 saturated carbocycles. The van der Waals surface area contributed by atoms with Gasteiger partial charge in [-0.2, -0.15) is 0 Å². The fraction of sp³-hybridized carbons (Fsp3) is 0.500. The van der Waals surface area contributed by atoms with Crippen LogP contribution in [0.5, 0.6) is 0 Å². The molecule has 0 unspecified atom stereocenters. The maximum Gasteiger partial charge on any atom is 0.407 e. The number of carboxylic acid groups (broad SMARTS) is 1. The number of hydrogen-bond acceptors (Lipinski definition) is 1. The molecule has 0 aromatic rings. The summed E-state index contributed by atoms with van der Waals surface area (Å²) in [7, 11) is 0. The fourth-order valence-electron chi connectivity index (χ4n) is 0.542. The van der Waals surface area contributed by atoms with Crippen molar-refractivity contribution in [2.24, 2.45) is 0 Å². The average Bonchev–Trinajstić information content (AvgIpc) is 1.98. The van der Waals surface area contributed by atoms with E-state index < -0.39 is 6.09 Å². The van der Waals surface area contributed by atoms with E-state index in [4.69, 9.17) is 5.11 Å². The van der Waals surface area contributed by atoms with Crippen LogP contribution in [0.3, 0.4) is 0 Å². The van der Waals surface area contributed by atoms with Crippen LogP contribution < -0.4 is 0 Å². The lowest BCUT2D eigenvalue weighted by molar-refractivity contribution is 0.152. The second-order valence-electron chi connectivity index (χ2n) is 1.96. The van der Waals surface area contributed by atoms with Crippen molar-refractivity contribution < 1.29 is 9.90 Å². The molecule has 0 radical (unpaired) electrons. The molecular weight excluding hydrogens is 452 g/mol. The largest absolute Gasteiger partial charge is 0.465 e. The Balaban J connectivity index is 4.22. The van der Waals surface area contributed by atoms with Gasteiger partial charge in [-0.25, -0.2) is 4.79 Å². The Morgan fingerprint density at radius 1 is 1.58 bits per heavy atom. The molecule has 0 fully saturated rings. The van der Waals surface area contributed by atoms with Crippen molar-refractivity contribution in [1.29, 1.82) is 0 Å². The number of amides is 1. The number of likely N-dealkylation sites (N-methyl/N-ethyl adjacent to an activating group) is 1. The molecule has 0 aliphatic carbocycles. The summed E-state index contributed by atoms with van der Waals surface area (Å²) in [5.41, 5.74) is 0. The van der Waals surface area contributed by atoms with Crippen LogP contribution >= 0.6 is 61.1 Å². The summed E-state index contributed by atoms with van der Waals surface area (Å²) in [5, 5.41) is 8.69. The summed E-state index contributed by atoms with van der Waals surface area (Å²) in [4.78, 5) is 11.9. The van der Waals surface area contributed by atoms with Gasteiger partial charge in [-0.05, 0) is 68.0 Å². The Morgan fingerprint density at radius 3 is 2.33 bits per heavy atom. The van der Waals surface area contributed by atoms with E-state index in [9.17, 15) is 4.79 Å². The highest BCUT2D eigenvalue weighted by Gasteiger charge is 2.10. The van der Waals surface area contributed by atoms with Crippen LogP contribution in [0.15, 0.2) is 6.07 Å². The molecule has 0 aliphatic rings. The van der Waals surface area contributed by atoms with E-state index >= 15 is 0 Å². The minimum absolute atomic E-state index is 0.454. The molecular formula is C6H8BrI2NO2. The Labute approximate surface area is 107 Å². The number of nitrogens with zero attached hydrogens (tertiary/aromatic N) is 1. The smallest absolute Gasteiger partial charge is 0.407 e. The van der Waals surface area contributed by atoms with E-state index in [1.165, 1.54) is 4.90 Å². The summed E-state index contributed by atoms with van der Waals surface area (Å²) < 4.78 is 1.96. The predicted octanol–water partition coefficient (Wildman–Crippen LogP) is 3.42. The molecule has 0 atom stereocenters. The molecule has 1 N–H and O–H groups in total. The van der Waals surface area contributed by atoms with Crippen LogP contribution in [-0.4, -0.2) is 29.2 Å². The first kappa shape index (κ1) is 12.9. The predicted molar refractivity (Wildman–Crippen MR) is 69.3 cm³/mol. The number of halogens is 3. The topological polar surface area (TPSA) is 40.5 Å². The van der Waals surface area contributed by atoms with E-state index in [0.29, 0.717) is 13.1 Å². The Morgan fingerprint density at radius 2 is 2.08 bits per heavy atom. The summed E-state index contributed by atoms with van der Waals surface area (Å²) in [5.74, 6) is 0. The highest BCUT2D eigenvalue weighted by Crippen LogP contribution is 2.25. The SMILES string of the molecule is CCN(CC(I)=C(Br)I)C(=O)O. The Hall–Kier alpha value is 0.950. The standard InChI is InChI=1S/C6H8BrI2NO2/c1-2-10(6(11)12)3-4(8)5(7)9/h2-3H2,1H3,(H,11,12). The fourth-order valence-corrected chi connectivity index (χ4v) is 1.25. The van der Waals surface area contributed by atoms with Gasteiger partial charge in [0.1, 0.15) is 0 Å². The summed E-state index contributed by atoms with van der Waals surface area (Å²) in [6.45, 7) is 2.79. The van der Waals surface area contributed by atoms with E-state index in [1.807, 2.05) is 6.92 Å². The number of hydrogen-bond donors (Lipinski definition) is 1. The normalized spacial score (nSPS) is 12.3. The first-order valence-electron chi connectivity index (χ1n) is 3.16. The van der Waals surface area contributed by atoms with Crippen LogP contribution in [0.25, 0.3) is 0 Å². The second-order valence-corrected chi connectivity index (χ2v) is 6.62. The lowest BCUT2D eigenvalue weighted by Gasteiger charge is -2.16. The van der Waals surface area contributed by atoms with E-state index in [1.54, 1.807) is 0 Å². The molecule has 0 saturated heterocycles. The summed E-state index contributed by atoms with van der Waals surface area (Å²) >= 11 is 7.52. The molecule has 0 spiro atoms. The second kappa shape index (κ2) is 6.41. The monoisotopic (exact) mass is 459 g/mol. The van der Waals surface area contributed by atoms with Crippen molar-refractivity contribution in [3.8, 4) is 0 Å². The van der Waals surface area contributed by atoms with Crippen molar-refractivity contribution in [1.82, 2.24) is 4.90 Å².